The van der Waals surface area contributed by atoms with E-state index in [0.717, 1.165) is 17.0 Å². The molecule has 0 atom stereocenters. The van der Waals surface area contributed by atoms with Crippen LogP contribution in [0.25, 0.3) is 11.3 Å². The Bertz CT molecular complexity index is 650. The zero-order valence-corrected chi connectivity index (χ0v) is 11.6. The second-order valence-electron chi connectivity index (χ2n) is 4.36. The monoisotopic (exact) mass is 274 g/mol. The number of aromatic nitrogens is 1. The summed E-state index contributed by atoms with van der Waals surface area (Å²) in [5, 5.41) is 0. The molecule has 1 heterocycles. The molecule has 2 aromatic rings. The van der Waals surface area contributed by atoms with Gasteiger partial charge in [-0.3, -0.25) is 4.79 Å². The molecule has 0 aliphatic rings. The van der Waals surface area contributed by atoms with Crippen LogP contribution in [0.2, 0.25) is 0 Å². The van der Waals surface area contributed by atoms with Crippen LogP contribution in [0, 0.1) is 0 Å². The molecule has 0 saturated carbocycles. The van der Waals surface area contributed by atoms with E-state index in [-0.39, 0.29) is 11.2 Å². The molecule has 0 spiro atoms. The van der Waals surface area contributed by atoms with E-state index in [1.807, 2.05) is 30.3 Å². The van der Waals surface area contributed by atoms with Gasteiger partial charge >= 0.3 is 0 Å². The second-order valence-corrected chi connectivity index (χ2v) is 4.36. The molecule has 5 nitrogen and oxygen atoms in total. The lowest BCUT2D eigenvalue weighted by Gasteiger charge is -2.14. The van der Waals surface area contributed by atoms with Gasteiger partial charge < -0.3 is 19.8 Å². The Morgan fingerprint density at radius 3 is 2.70 bits per heavy atom. The number of hydrogen-bond donors (Lipinski definition) is 1. The highest BCUT2D eigenvalue weighted by Gasteiger charge is 2.09. The van der Waals surface area contributed by atoms with Crippen molar-refractivity contribution in [3.8, 4) is 17.0 Å². The number of nitrogen functional groups attached to an aromatic ring is 1. The fourth-order valence-electron chi connectivity index (χ4n) is 2.03. The number of nitrogens with zero attached hydrogens (tertiary/aromatic N) is 1. The topological polar surface area (TPSA) is 66.5 Å². The second kappa shape index (κ2) is 6.25. The van der Waals surface area contributed by atoms with Crippen LogP contribution in [0.5, 0.6) is 5.75 Å². The smallest absolute Gasteiger partial charge is 0.274 e. The molecule has 20 heavy (non-hydrogen) atoms. The summed E-state index contributed by atoms with van der Waals surface area (Å²) >= 11 is 0. The van der Waals surface area contributed by atoms with Crippen molar-refractivity contribution >= 4 is 5.69 Å². The van der Waals surface area contributed by atoms with Crippen molar-refractivity contribution < 1.29 is 9.47 Å². The summed E-state index contributed by atoms with van der Waals surface area (Å²) in [5.41, 5.74) is 7.41. The van der Waals surface area contributed by atoms with E-state index < -0.39 is 0 Å². The molecule has 0 saturated heterocycles. The van der Waals surface area contributed by atoms with Crippen molar-refractivity contribution in [1.29, 1.82) is 0 Å². The van der Waals surface area contributed by atoms with E-state index in [2.05, 4.69) is 0 Å². The summed E-state index contributed by atoms with van der Waals surface area (Å²) < 4.78 is 11.9. The third-order valence-electron chi connectivity index (χ3n) is 3.09. The van der Waals surface area contributed by atoms with E-state index in [1.54, 1.807) is 24.9 Å². The van der Waals surface area contributed by atoms with Crippen molar-refractivity contribution in [3.05, 3.63) is 46.8 Å². The highest BCUT2D eigenvalue weighted by Crippen LogP contribution is 2.23. The largest absolute Gasteiger partial charge is 0.497 e. The predicted molar refractivity (Wildman–Crippen MR) is 79.0 cm³/mol. The molecule has 2 N–H and O–H groups in total. The summed E-state index contributed by atoms with van der Waals surface area (Å²) in [6, 6.07) is 11.0. The normalized spacial score (nSPS) is 10.5. The van der Waals surface area contributed by atoms with Crippen LogP contribution in [0.1, 0.15) is 0 Å². The molecule has 1 aromatic heterocycles. The average molecular weight is 274 g/mol. The number of hydrogen-bond acceptors (Lipinski definition) is 4. The molecule has 0 radical (unpaired) electrons. The number of ether oxygens (including phenoxy) is 2. The molecule has 2 rings (SSSR count). The maximum Gasteiger partial charge on any atom is 0.274 e. The first-order valence-electron chi connectivity index (χ1n) is 6.30. The quantitative estimate of drug-likeness (QED) is 0.902. The molecule has 0 amide bonds. The van der Waals surface area contributed by atoms with Crippen molar-refractivity contribution in [1.82, 2.24) is 4.57 Å². The Morgan fingerprint density at radius 2 is 2.00 bits per heavy atom. The summed E-state index contributed by atoms with van der Waals surface area (Å²) in [6.45, 7) is 0.896. The fraction of sp³-hybridized carbons (Fsp3) is 0.267. The van der Waals surface area contributed by atoms with Crippen LogP contribution in [0.4, 0.5) is 5.69 Å². The lowest BCUT2D eigenvalue weighted by Crippen LogP contribution is -2.25. The van der Waals surface area contributed by atoms with Crippen LogP contribution in [0.3, 0.4) is 0 Å². The van der Waals surface area contributed by atoms with Crippen LogP contribution in [0.15, 0.2) is 41.2 Å². The maximum atomic E-state index is 12.2. The first kappa shape index (κ1) is 14.1. The van der Waals surface area contributed by atoms with Gasteiger partial charge in [0.1, 0.15) is 5.75 Å². The number of anilines is 1. The molecular formula is C15H18N2O3. The van der Waals surface area contributed by atoms with Gasteiger partial charge in [0.25, 0.3) is 5.56 Å². The van der Waals surface area contributed by atoms with Gasteiger partial charge in [-0.2, -0.15) is 0 Å². The first-order valence-corrected chi connectivity index (χ1v) is 6.30. The molecule has 0 unspecified atom stereocenters. The molecule has 5 heteroatoms. The van der Waals surface area contributed by atoms with Gasteiger partial charge in [0, 0.05) is 19.2 Å². The van der Waals surface area contributed by atoms with E-state index in [4.69, 9.17) is 15.2 Å². The van der Waals surface area contributed by atoms with Crippen molar-refractivity contribution in [2.24, 2.45) is 0 Å². The zero-order valence-electron chi connectivity index (χ0n) is 11.6. The van der Waals surface area contributed by atoms with Crippen LogP contribution in [-0.2, 0) is 11.3 Å². The summed E-state index contributed by atoms with van der Waals surface area (Å²) in [5.74, 6) is 0.741. The van der Waals surface area contributed by atoms with Gasteiger partial charge in [0.05, 0.1) is 25.1 Å². The van der Waals surface area contributed by atoms with Gasteiger partial charge in [-0.1, -0.05) is 12.1 Å². The Morgan fingerprint density at radius 1 is 1.20 bits per heavy atom. The minimum atomic E-state index is -0.206. The number of benzene rings is 1. The van der Waals surface area contributed by atoms with Crippen LogP contribution in [-0.4, -0.2) is 25.4 Å². The summed E-state index contributed by atoms with van der Waals surface area (Å²) in [6.07, 6.45) is 0. The number of methoxy groups -OCH3 is 2. The first-order chi connectivity index (χ1) is 9.67. The van der Waals surface area contributed by atoms with Crippen LogP contribution >= 0.6 is 0 Å². The van der Waals surface area contributed by atoms with E-state index in [0.29, 0.717) is 13.2 Å². The number of rotatable bonds is 5. The number of pyridine rings is 1. The van der Waals surface area contributed by atoms with Gasteiger partial charge in [-0.05, 0) is 24.3 Å². The third kappa shape index (κ3) is 2.83. The van der Waals surface area contributed by atoms with Gasteiger partial charge in [-0.25, -0.2) is 0 Å². The summed E-state index contributed by atoms with van der Waals surface area (Å²) in [7, 11) is 3.21. The Kier molecular flexibility index (Phi) is 4.42. The van der Waals surface area contributed by atoms with E-state index in [1.165, 1.54) is 0 Å². The average Bonchev–Trinajstić information content (AvgIpc) is 2.48. The van der Waals surface area contributed by atoms with E-state index in [9.17, 15) is 4.79 Å². The zero-order chi connectivity index (χ0) is 14.5. The number of nitrogens with two attached hydrogens (primary N) is 1. The van der Waals surface area contributed by atoms with Gasteiger partial charge in [0.15, 0.2) is 0 Å². The van der Waals surface area contributed by atoms with E-state index >= 15 is 0 Å². The molecule has 0 bridgehead atoms. The van der Waals surface area contributed by atoms with Gasteiger partial charge in [0.2, 0.25) is 0 Å². The lowest BCUT2D eigenvalue weighted by atomic mass is 10.1. The maximum absolute atomic E-state index is 12.2. The Hall–Kier alpha value is -2.27. The molecule has 0 aliphatic heterocycles. The van der Waals surface area contributed by atoms with Gasteiger partial charge in [-0.15, -0.1) is 0 Å². The minimum absolute atomic E-state index is 0.206. The van der Waals surface area contributed by atoms with Crippen LogP contribution < -0.4 is 16.0 Å². The molecule has 106 valence electrons. The molecule has 1 aromatic carbocycles. The highest BCUT2D eigenvalue weighted by atomic mass is 16.5. The Balaban J connectivity index is 2.54. The van der Waals surface area contributed by atoms with Crippen molar-refractivity contribution in [2.45, 2.75) is 6.54 Å². The SMILES string of the molecule is COCCn1c(-c2cccc(OC)c2)ccc(N)c1=O. The third-order valence-corrected chi connectivity index (χ3v) is 3.09. The minimum Gasteiger partial charge on any atom is -0.497 e. The Labute approximate surface area is 117 Å². The lowest BCUT2D eigenvalue weighted by molar-refractivity contribution is 0.186. The fourth-order valence-corrected chi connectivity index (χ4v) is 2.03. The molecule has 0 fully saturated rings. The van der Waals surface area contributed by atoms with Crippen molar-refractivity contribution in [3.63, 3.8) is 0 Å². The molecular weight excluding hydrogens is 256 g/mol. The summed E-state index contributed by atoms with van der Waals surface area (Å²) in [4.78, 5) is 12.2. The highest BCUT2D eigenvalue weighted by molar-refractivity contribution is 5.63. The molecule has 0 aliphatic carbocycles. The van der Waals surface area contributed by atoms with Crippen molar-refractivity contribution in [2.75, 3.05) is 26.6 Å². The predicted octanol–water partition coefficient (Wildman–Crippen LogP) is 1.75. The standard InChI is InChI=1S/C15H18N2O3/c1-19-9-8-17-14(7-6-13(16)15(17)18)11-4-3-5-12(10-11)20-2/h3-7,10H,8-9,16H2,1-2H3.